The first-order valence-electron chi connectivity index (χ1n) is 5.89. The van der Waals surface area contributed by atoms with E-state index in [1.54, 1.807) is 26.2 Å². The van der Waals surface area contributed by atoms with Crippen LogP contribution >= 0.6 is 0 Å². The number of halogens is 1. The van der Waals surface area contributed by atoms with Crippen LogP contribution < -0.4 is 10.6 Å². The number of benzene rings is 1. The smallest absolute Gasteiger partial charge is 0.254 e. The van der Waals surface area contributed by atoms with E-state index in [0.717, 1.165) is 6.54 Å². The third-order valence-electron chi connectivity index (χ3n) is 2.51. The summed E-state index contributed by atoms with van der Waals surface area (Å²) in [5.74, 6) is -0.841. The van der Waals surface area contributed by atoms with E-state index in [4.69, 9.17) is 4.74 Å². The van der Waals surface area contributed by atoms with Crippen molar-refractivity contribution in [1.82, 2.24) is 10.6 Å². The van der Waals surface area contributed by atoms with E-state index in [2.05, 4.69) is 10.6 Å². The number of nitrogens with one attached hydrogen (secondary N) is 2. The minimum Gasteiger partial charge on any atom is -0.383 e. The predicted molar refractivity (Wildman–Crippen MR) is 68.2 cm³/mol. The summed E-state index contributed by atoms with van der Waals surface area (Å²) in [5, 5.41) is 5.75. The van der Waals surface area contributed by atoms with E-state index in [0.29, 0.717) is 25.3 Å². The van der Waals surface area contributed by atoms with Crippen LogP contribution in [0.2, 0.25) is 0 Å². The molecular weight excluding hydrogens is 235 g/mol. The van der Waals surface area contributed by atoms with Crippen LogP contribution in [0.5, 0.6) is 0 Å². The molecular formula is C13H19FN2O2. The van der Waals surface area contributed by atoms with Gasteiger partial charge in [-0.3, -0.25) is 4.79 Å². The molecule has 0 unspecified atom stereocenters. The van der Waals surface area contributed by atoms with Gasteiger partial charge in [0.25, 0.3) is 5.91 Å². The molecule has 0 fully saturated rings. The van der Waals surface area contributed by atoms with Crippen molar-refractivity contribution in [1.29, 1.82) is 0 Å². The summed E-state index contributed by atoms with van der Waals surface area (Å²) >= 11 is 0. The van der Waals surface area contributed by atoms with E-state index in [1.807, 2.05) is 0 Å². The Morgan fingerprint density at radius 3 is 2.83 bits per heavy atom. The molecule has 18 heavy (non-hydrogen) atoms. The van der Waals surface area contributed by atoms with Gasteiger partial charge < -0.3 is 15.4 Å². The van der Waals surface area contributed by atoms with Crippen LogP contribution in [0.3, 0.4) is 0 Å². The van der Waals surface area contributed by atoms with Gasteiger partial charge in [0.2, 0.25) is 0 Å². The largest absolute Gasteiger partial charge is 0.383 e. The van der Waals surface area contributed by atoms with Gasteiger partial charge in [-0.2, -0.15) is 0 Å². The number of methoxy groups -OCH3 is 1. The molecule has 1 aromatic rings. The maximum Gasteiger partial charge on any atom is 0.254 e. The molecule has 0 saturated heterocycles. The molecule has 0 spiro atoms. The number of ether oxygens (including phenoxy) is 1. The lowest BCUT2D eigenvalue weighted by molar-refractivity contribution is 0.0949. The highest BCUT2D eigenvalue weighted by molar-refractivity contribution is 5.94. The van der Waals surface area contributed by atoms with Gasteiger partial charge in [0.1, 0.15) is 5.82 Å². The zero-order chi connectivity index (χ0) is 13.4. The topological polar surface area (TPSA) is 50.4 Å². The fourth-order valence-corrected chi connectivity index (χ4v) is 1.48. The molecule has 0 aliphatic rings. The number of hydrogen-bond donors (Lipinski definition) is 2. The summed E-state index contributed by atoms with van der Waals surface area (Å²) in [7, 11) is 1.63. The van der Waals surface area contributed by atoms with E-state index >= 15 is 0 Å². The number of carbonyl (C=O) groups is 1. The Bertz CT molecular complexity index is 397. The van der Waals surface area contributed by atoms with Crippen LogP contribution in [0.25, 0.3) is 0 Å². The highest BCUT2D eigenvalue weighted by atomic mass is 19.1. The van der Waals surface area contributed by atoms with Crippen LogP contribution in [0.1, 0.15) is 15.9 Å². The van der Waals surface area contributed by atoms with Crippen molar-refractivity contribution < 1.29 is 13.9 Å². The third kappa shape index (κ3) is 4.43. The quantitative estimate of drug-likeness (QED) is 0.716. The zero-order valence-electron chi connectivity index (χ0n) is 10.8. The molecule has 5 heteroatoms. The van der Waals surface area contributed by atoms with Crippen molar-refractivity contribution in [3.8, 4) is 0 Å². The van der Waals surface area contributed by atoms with E-state index in [1.165, 1.54) is 6.07 Å². The fourth-order valence-electron chi connectivity index (χ4n) is 1.48. The average Bonchev–Trinajstić information content (AvgIpc) is 2.36. The molecule has 4 nitrogen and oxygen atoms in total. The second-order valence-corrected chi connectivity index (χ2v) is 3.94. The van der Waals surface area contributed by atoms with Crippen molar-refractivity contribution in [2.45, 2.75) is 6.92 Å². The monoisotopic (exact) mass is 254 g/mol. The van der Waals surface area contributed by atoms with E-state index in [-0.39, 0.29) is 11.5 Å². The second kappa shape index (κ2) is 7.79. The summed E-state index contributed by atoms with van der Waals surface area (Å²) in [6.45, 7) is 4.07. The maximum absolute atomic E-state index is 13.6. The fraction of sp³-hybridized carbons (Fsp3) is 0.462. The molecule has 0 aliphatic carbocycles. The van der Waals surface area contributed by atoms with Crippen LogP contribution in [-0.2, 0) is 4.74 Å². The van der Waals surface area contributed by atoms with Gasteiger partial charge in [0, 0.05) is 26.7 Å². The summed E-state index contributed by atoms with van der Waals surface area (Å²) < 4.78 is 18.5. The third-order valence-corrected chi connectivity index (χ3v) is 2.51. The zero-order valence-corrected chi connectivity index (χ0v) is 10.8. The maximum atomic E-state index is 13.6. The van der Waals surface area contributed by atoms with Crippen LogP contribution in [0.4, 0.5) is 4.39 Å². The molecule has 0 radical (unpaired) electrons. The van der Waals surface area contributed by atoms with Crippen molar-refractivity contribution in [2.75, 3.05) is 33.4 Å². The Balaban J connectivity index is 2.35. The Morgan fingerprint density at radius 1 is 1.33 bits per heavy atom. The lowest BCUT2D eigenvalue weighted by Crippen LogP contribution is -2.33. The number of carbonyl (C=O) groups excluding carboxylic acids is 1. The van der Waals surface area contributed by atoms with Crippen LogP contribution in [0.15, 0.2) is 18.2 Å². The normalized spacial score (nSPS) is 10.4. The van der Waals surface area contributed by atoms with Gasteiger partial charge in [-0.1, -0.05) is 12.1 Å². The summed E-state index contributed by atoms with van der Waals surface area (Å²) in [4.78, 5) is 11.7. The summed E-state index contributed by atoms with van der Waals surface area (Å²) in [6.07, 6.45) is 0. The standard InChI is InChI=1S/C13H19FN2O2/c1-10-4-3-5-11(12(10)14)13(17)16-7-6-15-8-9-18-2/h3-5,15H,6-9H2,1-2H3,(H,16,17). The van der Waals surface area contributed by atoms with Crippen molar-refractivity contribution in [3.63, 3.8) is 0 Å². The van der Waals surface area contributed by atoms with Crippen LogP contribution in [0, 0.1) is 12.7 Å². The minimum atomic E-state index is -0.456. The predicted octanol–water partition coefficient (Wildman–Crippen LogP) is 1.10. The Labute approximate surface area is 107 Å². The number of rotatable bonds is 7. The van der Waals surface area contributed by atoms with Crippen LogP contribution in [-0.4, -0.2) is 39.3 Å². The summed E-state index contributed by atoms with van der Waals surface area (Å²) in [5.41, 5.74) is 0.563. The van der Waals surface area contributed by atoms with Gasteiger partial charge in [-0.05, 0) is 18.6 Å². The SMILES string of the molecule is COCCNCCNC(=O)c1cccc(C)c1F. The van der Waals surface area contributed by atoms with Gasteiger partial charge in [0.05, 0.1) is 12.2 Å². The molecule has 1 amide bonds. The van der Waals surface area contributed by atoms with Crippen molar-refractivity contribution in [2.24, 2.45) is 0 Å². The Hall–Kier alpha value is -1.46. The van der Waals surface area contributed by atoms with Gasteiger partial charge in [0.15, 0.2) is 0 Å². The van der Waals surface area contributed by atoms with Gasteiger partial charge >= 0.3 is 0 Å². The molecule has 0 saturated carbocycles. The molecule has 0 bridgehead atoms. The molecule has 100 valence electrons. The molecule has 0 heterocycles. The highest BCUT2D eigenvalue weighted by Gasteiger charge is 2.11. The first kappa shape index (κ1) is 14.6. The molecule has 1 rings (SSSR count). The molecule has 0 aliphatic heterocycles. The molecule has 1 aromatic carbocycles. The molecule has 0 atom stereocenters. The van der Waals surface area contributed by atoms with Gasteiger partial charge in [-0.15, -0.1) is 0 Å². The Kier molecular flexibility index (Phi) is 6.32. The highest BCUT2D eigenvalue weighted by Crippen LogP contribution is 2.11. The lowest BCUT2D eigenvalue weighted by atomic mass is 10.1. The average molecular weight is 254 g/mol. The Morgan fingerprint density at radius 2 is 2.11 bits per heavy atom. The minimum absolute atomic E-state index is 0.0897. The number of amides is 1. The molecule has 2 N–H and O–H groups in total. The number of hydrogen-bond acceptors (Lipinski definition) is 3. The molecule has 0 aromatic heterocycles. The first-order chi connectivity index (χ1) is 8.66. The first-order valence-corrected chi connectivity index (χ1v) is 5.89. The van der Waals surface area contributed by atoms with Crippen molar-refractivity contribution in [3.05, 3.63) is 35.1 Å². The van der Waals surface area contributed by atoms with E-state index in [9.17, 15) is 9.18 Å². The lowest BCUT2D eigenvalue weighted by Gasteiger charge is -2.08. The summed E-state index contributed by atoms with van der Waals surface area (Å²) in [6, 6.07) is 4.79. The second-order valence-electron chi connectivity index (χ2n) is 3.94. The van der Waals surface area contributed by atoms with Gasteiger partial charge in [-0.25, -0.2) is 4.39 Å². The number of aryl methyl sites for hydroxylation is 1. The van der Waals surface area contributed by atoms with E-state index < -0.39 is 5.82 Å². The van der Waals surface area contributed by atoms with Crippen molar-refractivity contribution >= 4 is 5.91 Å².